The standard InChI is InChI=1S/C26H29F3N6O3S/c1-3-31-25(37)34-21-10-18(19(13-33-21)15-9-16(12-30-11-15)24(36)38-2)23-35-22(26(27,28)29)20(39-23)14-32-17-7-5-4-6-8-17/h9-13,17,32H,3-8,14H2,1-2H3,(H2,31,33,34,37). The number of nitrogens with zero attached hydrogens (tertiary/aromatic N) is 3. The smallest absolute Gasteiger partial charge is 0.434 e. The van der Waals surface area contributed by atoms with Crippen LogP contribution in [0.3, 0.4) is 0 Å². The van der Waals surface area contributed by atoms with Crippen molar-refractivity contribution in [3.63, 3.8) is 0 Å². The van der Waals surface area contributed by atoms with E-state index in [1.807, 2.05) is 0 Å². The second-order valence-corrected chi connectivity index (χ2v) is 10.1. The molecule has 0 atom stereocenters. The molecule has 4 rings (SSSR count). The maximum Gasteiger partial charge on any atom is 0.434 e. The average molecular weight is 563 g/mol. The van der Waals surface area contributed by atoms with Crippen LogP contribution in [0.4, 0.5) is 23.8 Å². The first-order valence-electron chi connectivity index (χ1n) is 12.6. The van der Waals surface area contributed by atoms with Gasteiger partial charge in [-0.05, 0) is 31.9 Å². The van der Waals surface area contributed by atoms with E-state index >= 15 is 0 Å². The zero-order chi connectivity index (χ0) is 28.0. The van der Waals surface area contributed by atoms with Crippen molar-refractivity contribution >= 4 is 29.2 Å². The first-order chi connectivity index (χ1) is 18.7. The fourth-order valence-electron chi connectivity index (χ4n) is 4.42. The fourth-order valence-corrected chi connectivity index (χ4v) is 5.48. The highest BCUT2D eigenvalue weighted by Gasteiger charge is 2.38. The number of hydrogen-bond acceptors (Lipinski definition) is 8. The van der Waals surface area contributed by atoms with Crippen molar-refractivity contribution in [3.05, 3.63) is 46.9 Å². The van der Waals surface area contributed by atoms with Gasteiger partial charge in [0.25, 0.3) is 0 Å². The summed E-state index contributed by atoms with van der Waals surface area (Å²) < 4.78 is 47.0. The molecule has 3 aromatic heterocycles. The molecule has 1 aliphatic carbocycles. The summed E-state index contributed by atoms with van der Waals surface area (Å²) >= 11 is 0.928. The van der Waals surface area contributed by atoms with Gasteiger partial charge < -0.3 is 15.4 Å². The van der Waals surface area contributed by atoms with Crippen LogP contribution in [-0.2, 0) is 17.5 Å². The minimum Gasteiger partial charge on any atom is -0.465 e. The lowest BCUT2D eigenvalue weighted by molar-refractivity contribution is -0.141. The number of ether oxygens (including phenoxy) is 1. The SMILES string of the molecule is CCNC(=O)Nc1cc(-c2nc(C(F)(F)F)c(CNC3CCCCC3)s2)c(-c2cncc(C(=O)OC)c2)cn1. The Hall–Kier alpha value is -3.58. The van der Waals surface area contributed by atoms with Crippen LogP contribution in [0.5, 0.6) is 0 Å². The molecule has 0 radical (unpaired) electrons. The predicted molar refractivity (Wildman–Crippen MR) is 141 cm³/mol. The molecule has 3 aromatic rings. The monoisotopic (exact) mass is 562 g/mol. The molecule has 0 aliphatic heterocycles. The van der Waals surface area contributed by atoms with E-state index in [1.54, 1.807) is 6.92 Å². The number of amides is 2. The molecule has 3 N–H and O–H groups in total. The zero-order valence-electron chi connectivity index (χ0n) is 21.5. The number of pyridine rings is 2. The van der Waals surface area contributed by atoms with Gasteiger partial charge in [-0.3, -0.25) is 10.3 Å². The third-order valence-electron chi connectivity index (χ3n) is 6.31. The van der Waals surface area contributed by atoms with Crippen LogP contribution in [0.1, 0.15) is 60.0 Å². The topological polar surface area (TPSA) is 118 Å². The zero-order valence-corrected chi connectivity index (χ0v) is 22.3. The predicted octanol–water partition coefficient (Wildman–Crippen LogP) is 5.64. The summed E-state index contributed by atoms with van der Waals surface area (Å²) in [5, 5.41) is 8.54. The number of aromatic nitrogens is 3. The fraction of sp³-hybridized carbons (Fsp3) is 0.423. The summed E-state index contributed by atoms with van der Waals surface area (Å²) in [6.07, 6.45) is 4.65. The number of nitrogens with one attached hydrogen (secondary N) is 3. The number of urea groups is 1. The largest absolute Gasteiger partial charge is 0.465 e. The number of anilines is 1. The molecule has 13 heteroatoms. The Balaban J connectivity index is 1.78. The van der Waals surface area contributed by atoms with E-state index in [4.69, 9.17) is 4.74 Å². The van der Waals surface area contributed by atoms with Crippen molar-refractivity contribution in [3.8, 4) is 21.7 Å². The summed E-state index contributed by atoms with van der Waals surface area (Å²) in [5.41, 5.74) is 0.339. The third kappa shape index (κ3) is 7.09. The molecule has 0 aromatic carbocycles. The Morgan fingerprint density at radius 2 is 1.87 bits per heavy atom. The van der Waals surface area contributed by atoms with Crippen LogP contribution in [0.2, 0.25) is 0 Å². The highest BCUT2D eigenvalue weighted by molar-refractivity contribution is 7.15. The summed E-state index contributed by atoms with van der Waals surface area (Å²) in [6.45, 7) is 2.17. The van der Waals surface area contributed by atoms with Crippen molar-refractivity contribution in [2.75, 3.05) is 19.0 Å². The van der Waals surface area contributed by atoms with E-state index in [2.05, 4.69) is 30.9 Å². The van der Waals surface area contributed by atoms with Crippen molar-refractivity contribution < 1.29 is 27.5 Å². The van der Waals surface area contributed by atoms with Crippen molar-refractivity contribution in [2.45, 2.75) is 57.8 Å². The van der Waals surface area contributed by atoms with Gasteiger partial charge in [-0.2, -0.15) is 13.2 Å². The molecule has 39 heavy (non-hydrogen) atoms. The minimum atomic E-state index is -4.65. The lowest BCUT2D eigenvalue weighted by Gasteiger charge is -2.22. The van der Waals surface area contributed by atoms with Gasteiger partial charge in [0.05, 0.1) is 17.6 Å². The van der Waals surface area contributed by atoms with Crippen LogP contribution >= 0.6 is 11.3 Å². The van der Waals surface area contributed by atoms with Crippen LogP contribution < -0.4 is 16.0 Å². The molecule has 1 saturated carbocycles. The molecule has 1 fully saturated rings. The van der Waals surface area contributed by atoms with Crippen molar-refractivity contribution in [1.82, 2.24) is 25.6 Å². The first kappa shape index (κ1) is 28.4. The van der Waals surface area contributed by atoms with Crippen LogP contribution in [-0.4, -0.2) is 46.6 Å². The Labute approximate surface area is 227 Å². The Morgan fingerprint density at radius 1 is 1.10 bits per heavy atom. The van der Waals surface area contributed by atoms with E-state index < -0.39 is 23.9 Å². The summed E-state index contributed by atoms with van der Waals surface area (Å²) in [5.74, 6) is -0.486. The second-order valence-electron chi connectivity index (χ2n) is 9.06. The number of rotatable bonds is 8. The van der Waals surface area contributed by atoms with Gasteiger partial charge in [0.1, 0.15) is 10.8 Å². The van der Waals surface area contributed by atoms with Gasteiger partial charge in [0, 0.05) is 54.4 Å². The van der Waals surface area contributed by atoms with E-state index in [0.717, 1.165) is 43.4 Å². The van der Waals surface area contributed by atoms with Gasteiger partial charge in [-0.1, -0.05) is 19.3 Å². The molecule has 0 spiro atoms. The lowest BCUT2D eigenvalue weighted by Crippen LogP contribution is -2.30. The maximum atomic E-state index is 14.1. The molecule has 0 saturated heterocycles. The van der Waals surface area contributed by atoms with Gasteiger partial charge in [-0.15, -0.1) is 11.3 Å². The molecule has 0 unspecified atom stereocenters. The molecule has 1 aliphatic rings. The number of alkyl halides is 3. The van der Waals surface area contributed by atoms with Gasteiger partial charge in [0.2, 0.25) is 0 Å². The van der Waals surface area contributed by atoms with Gasteiger partial charge in [-0.25, -0.2) is 19.6 Å². The normalized spacial score (nSPS) is 14.2. The quantitative estimate of drug-likeness (QED) is 0.304. The molecular weight excluding hydrogens is 533 g/mol. The molecule has 0 bridgehead atoms. The third-order valence-corrected chi connectivity index (χ3v) is 7.39. The number of esters is 1. The minimum absolute atomic E-state index is 0.0426. The summed E-state index contributed by atoms with van der Waals surface area (Å²) in [6, 6.07) is 2.64. The number of carbonyl (C=O) groups is 2. The molecule has 2 amide bonds. The van der Waals surface area contributed by atoms with Crippen molar-refractivity contribution in [1.29, 1.82) is 0 Å². The highest BCUT2D eigenvalue weighted by atomic mass is 32.1. The number of hydrogen-bond donors (Lipinski definition) is 3. The van der Waals surface area contributed by atoms with E-state index in [1.165, 1.54) is 37.8 Å². The number of thiazole rings is 1. The summed E-state index contributed by atoms with van der Waals surface area (Å²) in [7, 11) is 1.24. The number of carbonyl (C=O) groups excluding carboxylic acids is 2. The van der Waals surface area contributed by atoms with Gasteiger partial charge >= 0.3 is 18.2 Å². The van der Waals surface area contributed by atoms with Crippen LogP contribution in [0.25, 0.3) is 21.7 Å². The molecule has 3 heterocycles. The Bertz CT molecular complexity index is 1320. The van der Waals surface area contributed by atoms with Crippen molar-refractivity contribution in [2.24, 2.45) is 0 Å². The number of halogens is 3. The number of methoxy groups -OCH3 is 1. The molecule has 9 nitrogen and oxygen atoms in total. The van der Waals surface area contributed by atoms with Crippen LogP contribution in [0.15, 0.2) is 30.7 Å². The van der Waals surface area contributed by atoms with Crippen LogP contribution in [0, 0.1) is 0 Å². The van der Waals surface area contributed by atoms with E-state index in [0.29, 0.717) is 23.2 Å². The van der Waals surface area contributed by atoms with E-state index in [-0.39, 0.29) is 33.9 Å². The molecule has 208 valence electrons. The maximum absolute atomic E-state index is 14.1. The van der Waals surface area contributed by atoms with Gasteiger partial charge in [0.15, 0.2) is 5.69 Å². The first-order valence-corrected chi connectivity index (χ1v) is 13.4. The second kappa shape index (κ2) is 12.5. The average Bonchev–Trinajstić information content (AvgIpc) is 3.37. The highest BCUT2D eigenvalue weighted by Crippen LogP contribution is 2.41. The Kier molecular flexibility index (Phi) is 9.12. The van der Waals surface area contributed by atoms with E-state index in [9.17, 15) is 22.8 Å². The lowest BCUT2D eigenvalue weighted by atomic mass is 9.95. The Morgan fingerprint density at radius 3 is 2.56 bits per heavy atom. The molecular formula is C26H29F3N6O3S. The summed E-state index contributed by atoms with van der Waals surface area (Å²) in [4.78, 5) is 36.6.